The van der Waals surface area contributed by atoms with E-state index in [2.05, 4.69) is 11.9 Å². The van der Waals surface area contributed by atoms with Crippen molar-refractivity contribution in [1.82, 2.24) is 4.90 Å². The summed E-state index contributed by atoms with van der Waals surface area (Å²) >= 11 is 0.779. The number of imide groups is 1. The van der Waals surface area contributed by atoms with E-state index in [9.17, 15) is 14.4 Å². The Morgan fingerprint density at radius 3 is 2.72 bits per heavy atom. The predicted octanol–water partition coefficient (Wildman–Crippen LogP) is 4.55. The topological polar surface area (TPSA) is 84.9 Å². The molecule has 1 saturated heterocycles. The minimum Gasteiger partial charge on any atom is -0.493 e. The number of anilines is 1. The van der Waals surface area contributed by atoms with Crippen LogP contribution in [0.25, 0.3) is 6.08 Å². The number of aryl methyl sites for hydroxylation is 2. The van der Waals surface area contributed by atoms with Crippen molar-refractivity contribution in [2.24, 2.45) is 0 Å². The molecule has 7 nitrogen and oxygen atoms in total. The van der Waals surface area contributed by atoms with Crippen LogP contribution in [0.15, 0.2) is 54.0 Å². The zero-order valence-corrected chi connectivity index (χ0v) is 19.0. The fourth-order valence-electron chi connectivity index (χ4n) is 3.09. The number of ether oxygens (including phenoxy) is 2. The first kappa shape index (κ1) is 23.1. The lowest BCUT2D eigenvalue weighted by atomic mass is 10.1. The molecule has 166 valence electrons. The SMILES string of the molecule is C=CCOc1c(/C=C2\SC(=O)N(CC(=O)Nc3cc(C)ccc3C)C2=O)cccc1OC. The Morgan fingerprint density at radius 2 is 2.00 bits per heavy atom. The normalized spacial score (nSPS) is 14.6. The van der Waals surface area contributed by atoms with Crippen LogP contribution < -0.4 is 14.8 Å². The maximum absolute atomic E-state index is 12.9. The number of hydrogen-bond donors (Lipinski definition) is 1. The molecule has 0 spiro atoms. The molecule has 3 rings (SSSR count). The van der Waals surface area contributed by atoms with E-state index < -0.39 is 17.1 Å². The van der Waals surface area contributed by atoms with E-state index in [1.807, 2.05) is 32.0 Å². The van der Waals surface area contributed by atoms with Crippen LogP contribution in [0, 0.1) is 13.8 Å². The van der Waals surface area contributed by atoms with Gasteiger partial charge >= 0.3 is 0 Å². The molecule has 0 aromatic heterocycles. The molecule has 1 N–H and O–H groups in total. The van der Waals surface area contributed by atoms with E-state index in [1.165, 1.54) is 7.11 Å². The first-order chi connectivity index (χ1) is 15.3. The Labute approximate surface area is 191 Å². The lowest BCUT2D eigenvalue weighted by Gasteiger charge is -2.14. The van der Waals surface area contributed by atoms with Gasteiger partial charge in [0.25, 0.3) is 11.1 Å². The second-order valence-corrected chi connectivity index (χ2v) is 8.11. The molecule has 1 aliphatic heterocycles. The molecular formula is C24H24N2O5S. The molecule has 0 bridgehead atoms. The number of nitrogens with one attached hydrogen (secondary N) is 1. The molecule has 3 amide bonds. The molecule has 1 fully saturated rings. The van der Waals surface area contributed by atoms with Crippen LogP contribution in [-0.2, 0) is 9.59 Å². The van der Waals surface area contributed by atoms with Crippen molar-refractivity contribution in [1.29, 1.82) is 0 Å². The molecule has 0 aliphatic carbocycles. The molecule has 0 radical (unpaired) electrons. The Morgan fingerprint density at radius 1 is 1.22 bits per heavy atom. The molecule has 2 aromatic carbocycles. The number of rotatable bonds is 8. The third-order valence-corrected chi connectivity index (χ3v) is 5.61. The number of nitrogens with zero attached hydrogens (tertiary/aromatic N) is 1. The smallest absolute Gasteiger partial charge is 0.294 e. The minimum atomic E-state index is -0.534. The highest BCUT2D eigenvalue weighted by molar-refractivity contribution is 8.18. The zero-order valence-electron chi connectivity index (χ0n) is 18.1. The van der Waals surface area contributed by atoms with Gasteiger partial charge in [-0.25, -0.2) is 0 Å². The number of carbonyl (C=O) groups is 3. The van der Waals surface area contributed by atoms with Gasteiger partial charge in [0.15, 0.2) is 11.5 Å². The summed E-state index contributed by atoms with van der Waals surface area (Å²) in [5.41, 5.74) is 3.12. The first-order valence-electron chi connectivity index (χ1n) is 9.87. The van der Waals surface area contributed by atoms with Gasteiger partial charge in [0.1, 0.15) is 13.2 Å². The molecule has 1 aliphatic rings. The number of amides is 3. The monoisotopic (exact) mass is 452 g/mol. The molecule has 0 unspecified atom stereocenters. The summed E-state index contributed by atoms with van der Waals surface area (Å²) in [6.45, 7) is 7.31. The lowest BCUT2D eigenvalue weighted by Crippen LogP contribution is -2.36. The Kier molecular flexibility index (Phi) is 7.37. The number of para-hydroxylation sites is 1. The van der Waals surface area contributed by atoms with Crippen molar-refractivity contribution in [3.05, 3.63) is 70.6 Å². The van der Waals surface area contributed by atoms with Crippen LogP contribution in [0.2, 0.25) is 0 Å². The van der Waals surface area contributed by atoms with Gasteiger partial charge in [-0.2, -0.15) is 0 Å². The fraction of sp³-hybridized carbons (Fsp3) is 0.208. The number of carbonyl (C=O) groups excluding carboxylic acids is 3. The average molecular weight is 453 g/mol. The van der Waals surface area contributed by atoms with Gasteiger partial charge in [-0.3, -0.25) is 19.3 Å². The molecule has 0 saturated carbocycles. The van der Waals surface area contributed by atoms with Gasteiger partial charge in [-0.05, 0) is 54.9 Å². The van der Waals surface area contributed by atoms with Gasteiger partial charge in [0, 0.05) is 11.3 Å². The Balaban J connectivity index is 1.79. The van der Waals surface area contributed by atoms with Crippen molar-refractivity contribution in [2.45, 2.75) is 13.8 Å². The summed E-state index contributed by atoms with van der Waals surface area (Å²) in [6, 6.07) is 10.9. The van der Waals surface area contributed by atoms with E-state index in [4.69, 9.17) is 9.47 Å². The highest BCUT2D eigenvalue weighted by atomic mass is 32.2. The lowest BCUT2D eigenvalue weighted by molar-refractivity contribution is -0.127. The van der Waals surface area contributed by atoms with Crippen molar-refractivity contribution < 1.29 is 23.9 Å². The number of benzene rings is 2. The van der Waals surface area contributed by atoms with Crippen LogP contribution in [-0.4, -0.2) is 42.2 Å². The summed E-state index contributed by atoms with van der Waals surface area (Å²) in [5, 5.41) is 2.27. The summed E-state index contributed by atoms with van der Waals surface area (Å²) < 4.78 is 11.0. The average Bonchev–Trinajstić information content (AvgIpc) is 3.02. The Hall–Kier alpha value is -3.52. The van der Waals surface area contributed by atoms with Crippen LogP contribution in [0.1, 0.15) is 16.7 Å². The van der Waals surface area contributed by atoms with Crippen molar-refractivity contribution in [3.8, 4) is 11.5 Å². The largest absolute Gasteiger partial charge is 0.493 e. The standard InChI is InChI=1S/C24H24N2O5S/c1-5-11-31-22-17(7-6-8-19(22)30-4)13-20-23(28)26(24(29)32-20)14-21(27)25-18-12-15(2)9-10-16(18)3/h5-10,12-13H,1,11,14H2,2-4H3,(H,25,27)/b20-13-. The summed E-state index contributed by atoms with van der Waals surface area (Å²) in [7, 11) is 1.52. The number of hydrogen-bond acceptors (Lipinski definition) is 6. The molecule has 2 aromatic rings. The van der Waals surface area contributed by atoms with E-state index in [1.54, 1.807) is 30.4 Å². The third-order valence-electron chi connectivity index (χ3n) is 4.70. The number of thioether (sulfide) groups is 1. The first-order valence-corrected chi connectivity index (χ1v) is 10.7. The van der Waals surface area contributed by atoms with Gasteiger partial charge in [-0.15, -0.1) is 0 Å². The third kappa shape index (κ3) is 5.20. The van der Waals surface area contributed by atoms with E-state index >= 15 is 0 Å². The summed E-state index contributed by atoms with van der Waals surface area (Å²) in [5.74, 6) is -0.0469. The van der Waals surface area contributed by atoms with E-state index in [-0.39, 0.29) is 18.1 Å². The van der Waals surface area contributed by atoms with Crippen molar-refractivity contribution in [2.75, 3.05) is 25.6 Å². The highest BCUT2D eigenvalue weighted by Gasteiger charge is 2.36. The second-order valence-electron chi connectivity index (χ2n) is 7.11. The molecule has 32 heavy (non-hydrogen) atoms. The maximum atomic E-state index is 12.9. The van der Waals surface area contributed by atoms with Gasteiger partial charge < -0.3 is 14.8 Å². The van der Waals surface area contributed by atoms with Crippen LogP contribution in [0.4, 0.5) is 10.5 Å². The molecule has 1 heterocycles. The molecule has 0 atom stereocenters. The zero-order chi connectivity index (χ0) is 23.3. The fourth-order valence-corrected chi connectivity index (χ4v) is 3.91. The second kappa shape index (κ2) is 10.2. The van der Waals surface area contributed by atoms with E-state index in [0.717, 1.165) is 27.8 Å². The summed E-state index contributed by atoms with van der Waals surface area (Å²) in [6.07, 6.45) is 3.16. The summed E-state index contributed by atoms with van der Waals surface area (Å²) in [4.78, 5) is 39.0. The maximum Gasteiger partial charge on any atom is 0.294 e. The Bertz CT molecular complexity index is 1110. The van der Waals surface area contributed by atoms with E-state index in [0.29, 0.717) is 22.7 Å². The quantitative estimate of drug-likeness (QED) is 0.467. The van der Waals surface area contributed by atoms with Gasteiger partial charge in [-0.1, -0.05) is 36.9 Å². The molecular weight excluding hydrogens is 428 g/mol. The highest BCUT2D eigenvalue weighted by Crippen LogP contribution is 2.37. The minimum absolute atomic E-state index is 0.200. The van der Waals surface area contributed by atoms with Gasteiger partial charge in [0.2, 0.25) is 5.91 Å². The predicted molar refractivity (Wildman–Crippen MR) is 126 cm³/mol. The van der Waals surface area contributed by atoms with Crippen LogP contribution >= 0.6 is 11.8 Å². The molecule has 8 heteroatoms. The van der Waals surface area contributed by atoms with Gasteiger partial charge in [0.05, 0.1) is 12.0 Å². The van der Waals surface area contributed by atoms with Crippen molar-refractivity contribution >= 4 is 40.6 Å². The number of methoxy groups -OCH3 is 1. The van der Waals surface area contributed by atoms with Crippen LogP contribution in [0.3, 0.4) is 0 Å². The van der Waals surface area contributed by atoms with Crippen LogP contribution in [0.5, 0.6) is 11.5 Å². The van der Waals surface area contributed by atoms with Crippen molar-refractivity contribution in [3.63, 3.8) is 0 Å².